The summed E-state index contributed by atoms with van der Waals surface area (Å²) in [5, 5.41) is 17.8. The lowest BCUT2D eigenvalue weighted by atomic mass is 10.4. The molecule has 0 N–H and O–H groups in total. The third-order valence-corrected chi connectivity index (χ3v) is 1.58. The standard InChI is InChI=1S/C7H12N2O9/c1-15-7(10)2-3-16-4-6(18-9(13)14)5-17-8(11)12/h6H,2-5H2,1H3/t6-/m0/s1. The van der Waals surface area contributed by atoms with E-state index in [9.17, 15) is 25.0 Å². The van der Waals surface area contributed by atoms with Crippen LogP contribution in [0.1, 0.15) is 6.42 Å². The van der Waals surface area contributed by atoms with Gasteiger partial charge in [-0.15, -0.1) is 20.2 Å². The summed E-state index contributed by atoms with van der Waals surface area (Å²) in [5.41, 5.74) is 0. The highest BCUT2D eigenvalue weighted by atomic mass is 17.0. The molecule has 0 aliphatic rings. The zero-order valence-electron chi connectivity index (χ0n) is 9.47. The Morgan fingerprint density at radius 2 is 1.89 bits per heavy atom. The topological polar surface area (TPSA) is 140 Å². The molecule has 0 radical (unpaired) electrons. The third kappa shape index (κ3) is 9.08. The molecule has 0 aromatic carbocycles. The van der Waals surface area contributed by atoms with Gasteiger partial charge in [-0.3, -0.25) is 4.79 Å². The van der Waals surface area contributed by atoms with Crippen molar-refractivity contribution in [3.8, 4) is 0 Å². The number of hydrogen-bond donors (Lipinski definition) is 0. The van der Waals surface area contributed by atoms with Crippen molar-refractivity contribution in [1.82, 2.24) is 0 Å². The molecule has 0 bridgehead atoms. The number of methoxy groups -OCH3 is 1. The van der Waals surface area contributed by atoms with Crippen molar-refractivity contribution >= 4 is 5.97 Å². The molecule has 0 fully saturated rings. The molecular formula is C7H12N2O9. The van der Waals surface area contributed by atoms with E-state index in [1.54, 1.807) is 0 Å². The van der Waals surface area contributed by atoms with E-state index in [1.165, 1.54) is 7.11 Å². The Hall–Kier alpha value is -2.17. The summed E-state index contributed by atoms with van der Waals surface area (Å²) in [4.78, 5) is 38.7. The second-order valence-corrected chi connectivity index (χ2v) is 2.87. The predicted octanol–water partition coefficient (Wildman–Crippen LogP) is -0.649. The Bertz CT molecular complexity index is 295. The van der Waals surface area contributed by atoms with Gasteiger partial charge in [0.1, 0.15) is 6.61 Å². The molecule has 0 saturated carbocycles. The van der Waals surface area contributed by atoms with Crippen LogP contribution in [-0.2, 0) is 23.9 Å². The van der Waals surface area contributed by atoms with Crippen LogP contribution in [0.3, 0.4) is 0 Å². The van der Waals surface area contributed by atoms with E-state index in [0.717, 1.165) is 0 Å². The smallest absolute Gasteiger partial charge is 0.307 e. The molecule has 0 saturated heterocycles. The number of nitrogens with zero attached hydrogens (tertiary/aromatic N) is 2. The quantitative estimate of drug-likeness (QED) is 0.218. The number of carbonyl (C=O) groups excluding carboxylic acids is 1. The van der Waals surface area contributed by atoms with Crippen LogP contribution < -0.4 is 0 Å². The Morgan fingerprint density at radius 3 is 2.39 bits per heavy atom. The Labute approximate surface area is 101 Å². The predicted molar refractivity (Wildman–Crippen MR) is 52.3 cm³/mol. The Balaban J connectivity index is 3.88. The van der Waals surface area contributed by atoms with Gasteiger partial charge in [0, 0.05) is 0 Å². The molecule has 0 spiro atoms. The van der Waals surface area contributed by atoms with Gasteiger partial charge in [0.15, 0.2) is 6.10 Å². The van der Waals surface area contributed by atoms with E-state index < -0.39 is 28.9 Å². The van der Waals surface area contributed by atoms with Gasteiger partial charge in [-0.25, -0.2) is 0 Å². The molecule has 0 rings (SSSR count). The normalized spacial score (nSPS) is 11.4. The molecule has 11 heteroatoms. The lowest BCUT2D eigenvalue weighted by molar-refractivity contribution is -0.790. The zero-order valence-corrected chi connectivity index (χ0v) is 9.47. The molecule has 0 aliphatic carbocycles. The van der Waals surface area contributed by atoms with Crippen molar-refractivity contribution in [3.63, 3.8) is 0 Å². The van der Waals surface area contributed by atoms with Gasteiger partial charge in [0.25, 0.3) is 10.2 Å². The molecule has 1 atom stereocenters. The average molecular weight is 268 g/mol. The van der Waals surface area contributed by atoms with Crippen LogP contribution in [0.15, 0.2) is 0 Å². The summed E-state index contributed by atoms with van der Waals surface area (Å²) in [5.74, 6) is -0.511. The van der Waals surface area contributed by atoms with Crippen LogP contribution in [0.4, 0.5) is 0 Å². The van der Waals surface area contributed by atoms with Gasteiger partial charge in [0.2, 0.25) is 0 Å². The highest BCUT2D eigenvalue weighted by Crippen LogP contribution is 1.97. The molecule has 11 nitrogen and oxygen atoms in total. The largest absolute Gasteiger partial charge is 0.469 e. The summed E-state index contributed by atoms with van der Waals surface area (Å²) in [7, 11) is 1.20. The fraction of sp³-hybridized carbons (Fsp3) is 0.857. The summed E-state index contributed by atoms with van der Waals surface area (Å²) in [6.07, 6.45) is -1.29. The number of ether oxygens (including phenoxy) is 2. The van der Waals surface area contributed by atoms with Gasteiger partial charge in [0.05, 0.1) is 26.7 Å². The number of carbonyl (C=O) groups is 1. The minimum Gasteiger partial charge on any atom is -0.469 e. The van der Waals surface area contributed by atoms with Crippen LogP contribution in [-0.4, -0.2) is 49.2 Å². The van der Waals surface area contributed by atoms with Gasteiger partial charge >= 0.3 is 5.97 Å². The van der Waals surface area contributed by atoms with Crippen molar-refractivity contribution in [3.05, 3.63) is 20.2 Å². The van der Waals surface area contributed by atoms with Gasteiger partial charge in [-0.05, 0) is 0 Å². The zero-order chi connectivity index (χ0) is 14.0. The monoisotopic (exact) mass is 268 g/mol. The fourth-order valence-corrected chi connectivity index (χ4v) is 0.847. The summed E-state index contributed by atoms with van der Waals surface area (Å²) >= 11 is 0. The lowest BCUT2D eigenvalue weighted by Crippen LogP contribution is -2.29. The number of hydrogen-bond acceptors (Lipinski definition) is 9. The number of esters is 1. The van der Waals surface area contributed by atoms with E-state index in [1.807, 2.05) is 0 Å². The van der Waals surface area contributed by atoms with E-state index >= 15 is 0 Å². The summed E-state index contributed by atoms with van der Waals surface area (Å²) in [6.45, 7) is -1.03. The van der Waals surface area contributed by atoms with Gasteiger partial charge < -0.3 is 19.1 Å². The molecule has 0 amide bonds. The molecule has 0 heterocycles. The van der Waals surface area contributed by atoms with Crippen molar-refractivity contribution in [2.75, 3.05) is 26.9 Å². The first kappa shape index (κ1) is 15.8. The second kappa shape index (κ2) is 8.92. The maximum absolute atomic E-state index is 10.7. The first-order chi connectivity index (χ1) is 8.45. The molecule has 0 aromatic heterocycles. The highest BCUT2D eigenvalue weighted by molar-refractivity contribution is 5.69. The lowest BCUT2D eigenvalue weighted by Gasteiger charge is -2.13. The second-order valence-electron chi connectivity index (χ2n) is 2.87. The van der Waals surface area contributed by atoms with Crippen LogP contribution in [0.5, 0.6) is 0 Å². The molecule has 0 unspecified atom stereocenters. The minimum atomic E-state index is -1.25. The number of rotatable bonds is 10. The molecular weight excluding hydrogens is 256 g/mol. The van der Waals surface area contributed by atoms with Crippen LogP contribution in [0.2, 0.25) is 0 Å². The van der Waals surface area contributed by atoms with Gasteiger partial charge in [-0.1, -0.05) is 0 Å². The van der Waals surface area contributed by atoms with Gasteiger partial charge in [-0.2, -0.15) is 0 Å². The summed E-state index contributed by atoms with van der Waals surface area (Å²) < 4.78 is 9.20. The molecule has 0 aromatic rings. The van der Waals surface area contributed by atoms with Crippen molar-refractivity contribution in [2.24, 2.45) is 0 Å². The Kier molecular flexibility index (Phi) is 7.85. The maximum Gasteiger partial charge on any atom is 0.307 e. The molecule has 104 valence electrons. The fourth-order valence-electron chi connectivity index (χ4n) is 0.847. The van der Waals surface area contributed by atoms with E-state index in [4.69, 9.17) is 4.74 Å². The van der Waals surface area contributed by atoms with Crippen molar-refractivity contribution in [2.45, 2.75) is 12.5 Å². The first-order valence-electron chi connectivity index (χ1n) is 4.68. The van der Waals surface area contributed by atoms with E-state index in [0.29, 0.717) is 0 Å². The summed E-state index contributed by atoms with van der Waals surface area (Å²) in [6, 6.07) is 0. The van der Waals surface area contributed by atoms with E-state index in [2.05, 4.69) is 14.4 Å². The van der Waals surface area contributed by atoms with Crippen LogP contribution >= 0.6 is 0 Å². The third-order valence-electron chi connectivity index (χ3n) is 1.58. The van der Waals surface area contributed by atoms with E-state index in [-0.39, 0.29) is 19.6 Å². The molecule has 18 heavy (non-hydrogen) atoms. The van der Waals surface area contributed by atoms with Crippen LogP contribution in [0, 0.1) is 20.2 Å². The molecule has 0 aliphatic heterocycles. The highest BCUT2D eigenvalue weighted by Gasteiger charge is 2.16. The maximum atomic E-state index is 10.7. The average Bonchev–Trinajstić information content (AvgIpc) is 2.30. The minimum absolute atomic E-state index is 0.0439. The van der Waals surface area contributed by atoms with Crippen molar-refractivity contribution < 1.29 is 34.1 Å². The van der Waals surface area contributed by atoms with Crippen molar-refractivity contribution in [1.29, 1.82) is 0 Å². The SMILES string of the molecule is COC(=O)CCOC[C@@H](CO[N+](=O)[O-])O[N+](=O)[O-]. The van der Waals surface area contributed by atoms with Crippen LogP contribution in [0.25, 0.3) is 0 Å². The first-order valence-corrected chi connectivity index (χ1v) is 4.68. The Morgan fingerprint density at radius 1 is 1.22 bits per heavy atom.